The van der Waals surface area contributed by atoms with Crippen molar-refractivity contribution in [3.8, 4) is 0 Å². The summed E-state index contributed by atoms with van der Waals surface area (Å²) in [7, 11) is 0. The van der Waals surface area contributed by atoms with E-state index in [2.05, 4.69) is 5.32 Å². The molecule has 2 aliphatic rings. The summed E-state index contributed by atoms with van der Waals surface area (Å²) in [5, 5.41) is 3.15. The van der Waals surface area contributed by atoms with Crippen molar-refractivity contribution >= 4 is 0 Å². The number of piperidine rings is 1. The van der Waals surface area contributed by atoms with Gasteiger partial charge in [-0.25, -0.2) is 0 Å². The lowest BCUT2D eigenvalue weighted by Crippen LogP contribution is -2.61. The maximum absolute atomic E-state index is 12.2. The van der Waals surface area contributed by atoms with Gasteiger partial charge in [0.25, 0.3) is 0 Å². The van der Waals surface area contributed by atoms with Crippen LogP contribution in [0.1, 0.15) is 12.8 Å². The van der Waals surface area contributed by atoms with Crippen molar-refractivity contribution in [2.45, 2.75) is 19.0 Å². The van der Waals surface area contributed by atoms with Gasteiger partial charge in [0.15, 0.2) is 0 Å². The third kappa shape index (κ3) is 2.20. The van der Waals surface area contributed by atoms with Gasteiger partial charge in [0, 0.05) is 25.0 Å². The summed E-state index contributed by atoms with van der Waals surface area (Å²) in [6.45, 7) is 2.25. The summed E-state index contributed by atoms with van der Waals surface area (Å²) >= 11 is 0. The van der Waals surface area contributed by atoms with E-state index in [4.69, 9.17) is 0 Å². The van der Waals surface area contributed by atoms with E-state index in [0.717, 1.165) is 25.9 Å². The number of rotatable bonds is 1. The van der Waals surface area contributed by atoms with Crippen molar-refractivity contribution in [1.82, 2.24) is 10.2 Å². The van der Waals surface area contributed by atoms with Gasteiger partial charge >= 0.3 is 6.18 Å². The zero-order chi connectivity index (χ0) is 10.2. The Morgan fingerprint density at radius 2 is 2.00 bits per heavy atom. The van der Waals surface area contributed by atoms with E-state index in [1.165, 1.54) is 0 Å². The number of hydrogen-bond acceptors (Lipinski definition) is 2. The van der Waals surface area contributed by atoms with Crippen LogP contribution in [0.4, 0.5) is 13.2 Å². The third-order valence-corrected chi connectivity index (χ3v) is 3.14. The van der Waals surface area contributed by atoms with Crippen molar-refractivity contribution in [2.75, 3.05) is 32.7 Å². The Morgan fingerprint density at radius 3 is 2.50 bits per heavy atom. The Bertz CT molecular complexity index is 211. The topological polar surface area (TPSA) is 15.3 Å². The van der Waals surface area contributed by atoms with Crippen LogP contribution in [0.2, 0.25) is 0 Å². The van der Waals surface area contributed by atoms with E-state index in [1.54, 1.807) is 4.90 Å². The molecule has 0 aromatic rings. The minimum atomic E-state index is -4.05. The Hall–Kier alpha value is -0.290. The summed E-state index contributed by atoms with van der Waals surface area (Å²) in [6, 6.07) is 0. The molecule has 0 saturated carbocycles. The van der Waals surface area contributed by atoms with Crippen LogP contribution in [-0.4, -0.2) is 43.8 Å². The second-order valence-corrected chi connectivity index (χ2v) is 4.53. The first-order valence-electron chi connectivity index (χ1n) is 4.99. The minimum Gasteiger partial charge on any atom is -0.315 e. The maximum atomic E-state index is 12.2. The molecule has 82 valence electrons. The minimum absolute atomic E-state index is 0.156. The largest absolute Gasteiger partial charge is 0.401 e. The van der Waals surface area contributed by atoms with Gasteiger partial charge < -0.3 is 5.32 Å². The molecule has 0 bridgehead atoms. The first-order valence-corrected chi connectivity index (χ1v) is 4.99. The monoisotopic (exact) mass is 208 g/mol. The van der Waals surface area contributed by atoms with Crippen LogP contribution in [0.25, 0.3) is 0 Å². The Labute approximate surface area is 81.5 Å². The highest BCUT2D eigenvalue weighted by molar-refractivity contribution is 4.97. The first-order chi connectivity index (χ1) is 6.49. The van der Waals surface area contributed by atoms with Gasteiger partial charge in [-0.1, -0.05) is 0 Å². The van der Waals surface area contributed by atoms with E-state index < -0.39 is 12.7 Å². The van der Waals surface area contributed by atoms with Crippen molar-refractivity contribution in [2.24, 2.45) is 5.41 Å². The normalized spacial score (nSPS) is 27.6. The van der Waals surface area contributed by atoms with E-state index in [0.29, 0.717) is 13.1 Å². The molecule has 2 fully saturated rings. The molecule has 2 heterocycles. The van der Waals surface area contributed by atoms with E-state index >= 15 is 0 Å². The molecule has 2 aliphatic heterocycles. The molecule has 0 amide bonds. The molecule has 0 aromatic carbocycles. The van der Waals surface area contributed by atoms with Gasteiger partial charge in [-0.05, 0) is 19.4 Å². The highest BCUT2D eigenvalue weighted by Gasteiger charge is 2.42. The molecule has 14 heavy (non-hydrogen) atoms. The highest BCUT2D eigenvalue weighted by atomic mass is 19.4. The van der Waals surface area contributed by atoms with Gasteiger partial charge in [-0.15, -0.1) is 0 Å². The molecule has 2 rings (SSSR count). The number of likely N-dealkylation sites (tertiary alicyclic amines) is 1. The van der Waals surface area contributed by atoms with E-state index in [1.807, 2.05) is 0 Å². The van der Waals surface area contributed by atoms with E-state index in [-0.39, 0.29) is 5.41 Å². The predicted octanol–water partition coefficient (Wildman–Crippen LogP) is 1.23. The SMILES string of the molecule is FC(F)(F)CN1CCCC2(CNC2)C1. The lowest BCUT2D eigenvalue weighted by Gasteiger charge is -2.49. The van der Waals surface area contributed by atoms with Crippen molar-refractivity contribution in [3.63, 3.8) is 0 Å². The van der Waals surface area contributed by atoms with Gasteiger partial charge in [0.1, 0.15) is 0 Å². The number of hydrogen-bond donors (Lipinski definition) is 1. The summed E-state index contributed by atoms with van der Waals surface area (Å²) < 4.78 is 36.5. The molecule has 0 atom stereocenters. The molecule has 1 spiro atoms. The standard InChI is InChI=1S/C9H15F3N2/c10-9(11,12)7-14-3-1-2-8(6-14)4-13-5-8/h13H,1-7H2. The van der Waals surface area contributed by atoms with Crippen LogP contribution in [0, 0.1) is 5.41 Å². The molecular weight excluding hydrogens is 193 g/mol. The molecule has 1 N–H and O–H groups in total. The van der Waals surface area contributed by atoms with Crippen molar-refractivity contribution < 1.29 is 13.2 Å². The fraction of sp³-hybridized carbons (Fsp3) is 1.00. The van der Waals surface area contributed by atoms with Gasteiger partial charge in [0.2, 0.25) is 0 Å². The smallest absolute Gasteiger partial charge is 0.315 e. The molecule has 0 aliphatic carbocycles. The molecule has 0 unspecified atom stereocenters. The lowest BCUT2D eigenvalue weighted by atomic mass is 9.75. The van der Waals surface area contributed by atoms with Crippen LogP contribution in [0.3, 0.4) is 0 Å². The van der Waals surface area contributed by atoms with Crippen LogP contribution >= 0.6 is 0 Å². The fourth-order valence-corrected chi connectivity index (χ4v) is 2.47. The molecule has 2 saturated heterocycles. The lowest BCUT2D eigenvalue weighted by molar-refractivity contribution is -0.154. The number of halogens is 3. The van der Waals surface area contributed by atoms with Crippen LogP contribution < -0.4 is 5.32 Å². The Kier molecular flexibility index (Phi) is 2.47. The van der Waals surface area contributed by atoms with Gasteiger partial charge in [-0.2, -0.15) is 13.2 Å². The molecule has 0 aromatic heterocycles. The van der Waals surface area contributed by atoms with E-state index in [9.17, 15) is 13.2 Å². The van der Waals surface area contributed by atoms with Crippen molar-refractivity contribution in [3.05, 3.63) is 0 Å². The summed E-state index contributed by atoms with van der Waals surface area (Å²) in [5.74, 6) is 0. The number of nitrogens with zero attached hydrogens (tertiary/aromatic N) is 1. The molecule has 2 nitrogen and oxygen atoms in total. The molecule has 0 radical (unpaired) electrons. The molecule has 5 heteroatoms. The summed E-state index contributed by atoms with van der Waals surface area (Å²) in [6.07, 6.45) is -2.07. The second-order valence-electron chi connectivity index (χ2n) is 4.53. The third-order valence-electron chi connectivity index (χ3n) is 3.14. The zero-order valence-corrected chi connectivity index (χ0v) is 8.03. The Morgan fingerprint density at radius 1 is 1.29 bits per heavy atom. The quantitative estimate of drug-likeness (QED) is 0.697. The highest BCUT2D eigenvalue weighted by Crippen LogP contribution is 2.34. The van der Waals surface area contributed by atoms with Gasteiger partial charge in [0.05, 0.1) is 6.54 Å². The summed E-state index contributed by atoms with van der Waals surface area (Å²) in [5.41, 5.74) is 0.156. The predicted molar refractivity (Wildman–Crippen MR) is 47.0 cm³/mol. The van der Waals surface area contributed by atoms with Crippen LogP contribution in [0.15, 0.2) is 0 Å². The first kappa shape index (κ1) is 10.2. The van der Waals surface area contributed by atoms with Crippen LogP contribution in [-0.2, 0) is 0 Å². The maximum Gasteiger partial charge on any atom is 0.401 e. The number of nitrogens with one attached hydrogen (secondary N) is 1. The average Bonchev–Trinajstić information content (AvgIpc) is 1.99. The van der Waals surface area contributed by atoms with Gasteiger partial charge in [-0.3, -0.25) is 4.90 Å². The fourth-order valence-electron chi connectivity index (χ4n) is 2.47. The van der Waals surface area contributed by atoms with Crippen molar-refractivity contribution in [1.29, 1.82) is 0 Å². The Balaban J connectivity index is 1.88. The zero-order valence-electron chi connectivity index (χ0n) is 8.03. The average molecular weight is 208 g/mol. The number of alkyl halides is 3. The summed E-state index contributed by atoms with van der Waals surface area (Å²) in [4.78, 5) is 1.55. The second kappa shape index (κ2) is 3.38. The van der Waals surface area contributed by atoms with Crippen LogP contribution in [0.5, 0.6) is 0 Å². The molecular formula is C9H15F3N2.